The molecule has 4 heteroatoms. The molecule has 4 nitrogen and oxygen atoms in total. The number of hydrogen-bond acceptors (Lipinski definition) is 3. The van der Waals surface area contributed by atoms with Gasteiger partial charge in [-0.25, -0.2) is 0 Å². The van der Waals surface area contributed by atoms with Gasteiger partial charge in [0.25, 0.3) is 0 Å². The second-order valence-electron chi connectivity index (χ2n) is 6.75. The van der Waals surface area contributed by atoms with Crippen LogP contribution in [0.1, 0.15) is 57.8 Å². The Morgan fingerprint density at radius 2 is 1.90 bits per heavy atom. The SMILES string of the molecule is O=C(CNC1CCOC2(CCCC2)C1)N1CCCCC1. The van der Waals surface area contributed by atoms with Gasteiger partial charge < -0.3 is 15.0 Å². The molecule has 1 spiro atoms. The lowest BCUT2D eigenvalue weighted by Gasteiger charge is -2.39. The van der Waals surface area contributed by atoms with E-state index in [0.717, 1.165) is 32.5 Å². The van der Waals surface area contributed by atoms with Gasteiger partial charge in [0.15, 0.2) is 0 Å². The number of piperidine rings is 1. The Balaban J connectivity index is 1.44. The lowest BCUT2D eigenvalue weighted by Crippen LogP contribution is -2.49. The van der Waals surface area contributed by atoms with Crippen molar-refractivity contribution in [2.24, 2.45) is 0 Å². The largest absolute Gasteiger partial charge is 0.375 e. The van der Waals surface area contributed by atoms with E-state index in [1.165, 1.54) is 44.9 Å². The molecule has 2 saturated heterocycles. The Bertz CT molecular complexity index is 333. The van der Waals surface area contributed by atoms with Crippen LogP contribution in [0.2, 0.25) is 0 Å². The van der Waals surface area contributed by atoms with Crippen LogP contribution in [0.25, 0.3) is 0 Å². The van der Waals surface area contributed by atoms with E-state index in [1.54, 1.807) is 0 Å². The van der Waals surface area contributed by atoms with Crippen molar-refractivity contribution >= 4 is 5.91 Å². The van der Waals surface area contributed by atoms with Gasteiger partial charge in [0.2, 0.25) is 5.91 Å². The maximum absolute atomic E-state index is 12.2. The van der Waals surface area contributed by atoms with Crippen molar-refractivity contribution in [3.05, 3.63) is 0 Å². The number of carbonyl (C=O) groups is 1. The van der Waals surface area contributed by atoms with Crippen molar-refractivity contribution in [3.63, 3.8) is 0 Å². The maximum atomic E-state index is 12.2. The van der Waals surface area contributed by atoms with E-state index in [0.29, 0.717) is 12.6 Å². The van der Waals surface area contributed by atoms with Gasteiger partial charge in [-0.3, -0.25) is 4.79 Å². The smallest absolute Gasteiger partial charge is 0.236 e. The van der Waals surface area contributed by atoms with E-state index in [2.05, 4.69) is 5.32 Å². The van der Waals surface area contributed by atoms with Crippen molar-refractivity contribution < 1.29 is 9.53 Å². The molecule has 0 bridgehead atoms. The van der Waals surface area contributed by atoms with Crippen LogP contribution < -0.4 is 5.32 Å². The summed E-state index contributed by atoms with van der Waals surface area (Å²) in [6, 6.07) is 0.468. The topological polar surface area (TPSA) is 41.6 Å². The van der Waals surface area contributed by atoms with Crippen LogP contribution in [0.15, 0.2) is 0 Å². The zero-order chi connectivity index (χ0) is 13.8. The molecule has 2 aliphatic heterocycles. The number of ether oxygens (including phenoxy) is 1. The fourth-order valence-electron chi connectivity index (χ4n) is 4.06. The van der Waals surface area contributed by atoms with Crippen molar-refractivity contribution in [1.29, 1.82) is 0 Å². The van der Waals surface area contributed by atoms with Crippen LogP contribution in [-0.2, 0) is 9.53 Å². The van der Waals surface area contributed by atoms with Gasteiger partial charge in [-0.05, 0) is 44.9 Å². The van der Waals surface area contributed by atoms with Gasteiger partial charge in [0.1, 0.15) is 0 Å². The minimum atomic E-state index is 0.143. The molecule has 1 N–H and O–H groups in total. The fraction of sp³-hybridized carbons (Fsp3) is 0.938. The molecule has 1 atom stereocenters. The first-order valence-corrected chi connectivity index (χ1v) is 8.43. The van der Waals surface area contributed by atoms with Crippen LogP contribution in [0, 0.1) is 0 Å². The van der Waals surface area contributed by atoms with E-state index in [1.807, 2.05) is 4.90 Å². The van der Waals surface area contributed by atoms with Crippen LogP contribution in [-0.4, -0.2) is 48.7 Å². The Morgan fingerprint density at radius 3 is 2.65 bits per heavy atom. The number of nitrogens with one attached hydrogen (secondary N) is 1. The second-order valence-corrected chi connectivity index (χ2v) is 6.75. The average molecular weight is 280 g/mol. The van der Waals surface area contributed by atoms with Gasteiger partial charge >= 0.3 is 0 Å². The van der Waals surface area contributed by atoms with Crippen LogP contribution in [0.4, 0.5) is 0 Å². The molecule has 114 valence electrons. The molecule has 0 radical (unpaired) electrons. The average Bonchev–Trinajstić information content (AvgIpc) is 2.93. The fourth-order valence-corrected chi connectivity index (χ4v) is 4.06. The van der Waals surface area contributed by atoms with E-state index in [4.69, 9.17) is 4.74 Å². The van der Waals surface area contributed by atoms with Gasteiger partial charge in [-0.1, -0.05) is 12.8 Å². The van der Waals surface area contributed by atoms with Gasteiger partial charge in [0, 0.05) is 25.7 Å². The number of nitrogens with zero attached hydrogens (tertiary/aromatic N) is 1. The highest BCUT2D eigenvalue weighted by molar-refractivity contribution is 5.78. The number of likely N-dealkylation sites (tertiary alicyclic amines) is 1. The zero-order valence-electron chi connectivity index (χ0n) is 12.5. The summed E-state index contributed by atoms with van der Waals surface area (Å²) < 4.78 is 6.04. The number of carbonyl (C=O) groups excluding carboxylic acids is 1. The molecule has 3 fully saturated rings. The Kier molecular flexibility index (Phi) is 4.61. The summed E-state index contributed by atoms with van der Waals surface area (Å²) in [4.78, 5) is 14.2. The number of rotatable bonds is 3. The normalized spacial score (nSPS) is 29.8. The quantitative estimate of drug-likeness (QED) is 0.860. The van der Waals surface area contributed by atoms with Crippen molar-refractivity contribution in [3.8, 4) is 0 Å². The summed E-state index contributed by atoms with van der Waals surface area (Å²) in [5, 5.41) is 3.50. The van der Waals surface area contributed by atoms with Crippen molar-refractivity contribution in [1.82, 2.24) is 10.2 Å². The molecule has 1 saturated carbocycles. The summed E-state index contributed by atoms with van der Waals surface area (Å²) >= 11 is 0. The summed E-state index contributed by atoms with van der Waals surface area (Å²) in [5.41, 5.74) is 0.143. The van der Waals surface area contributed by atoms with Crippen LogP contribution >= 0.6 is 0 Å². The maximum Gasteiger partial charge on any atom is 0.236 e. The minimum Gasteiger partial charge on any atom is -0.375 e. The first-order valence-electron chi connectivity index (χ1n) is 8.43. The third kappa shape index (κ3) is 3.34. The van der Waals surface area contributed by atoms with Crippen LogP contribution in [0.5, 0.6) is 0 Å². The summed E-state index contributed by atoms with van der Waals surface area (Å²) in [7, 11) is 0. The van der Waals surface area contributed by atoms with Crippen LogP contribution in [0.3, 0.4) is 0 Å². The Morgan fingerprint density at radius 1 is 1.15 bits per heavy atom. The third-order valence-corrected chi connectivity index (χ3v) is 5.26. The van der Waals surface area contributed by atoms with Crippen molar-refractivity contribution in [2.75, 3.05) is 26.2 Å². The second kappa shape index (κ2) is 6.44. The highest BCUT2D eigenvalue weighted by Gasteiger charge is 2.39. The minimum absolute atomic E-state index is 0.143. The molecule has 1 unspecified atom stereocenters. The van der Waals surface area contributed by atoms with Gasteiger partial charge in [-0.2, -0.15) is 0 Å². The number of hydrogen-bond donors (Lipinski definition) is 1. The lowest BCUT2D eigenvalue weighted by atomic mass is 9.89. The molecule has 3 rings (SSSR count). The summed E-state index contributed by atoms with van der Waals surface area (Å²) in [6.07, 6.45) is 10.8. The van der Waals surface area contributed by atoms with Gasteiger partial charge in [0.05, 0.1) is 12.1 Å². The van der Waals surface area contributed by atoms with Gasteiger partial charge in [-0.15, -0.1) is 0 Å². The number of amides is 1. The molecular weight excluding hydrogens is 252 g/mol. The molecule has 2 heterocycles. The van der Waals surface area contributed by atoms with E-state index >= 15 is 0 Å². The van der Waals surface area contributed by atoms with E-state index < -0.39 is 0 Å². The zero-order valence-corrected chi connectivity index (χ0v) is 12.5. The molecule has 1 aliphatic carbocycles. The highest BCUT2D eigenvalue weighted by Crippen LogP contribution is 2.39. The third-order valence-electron chi connectivity index (χ3n) is 5.26. The predicted octanol–water partition coefficient (Wildman–Crippen LogP) is 2.08. The summed E-state index contributed by atoms with van der Waals surface area (Å²) in [5.74, 6) is 0.289. The van der Waals surface area contributed by atoms with Crippen molar-refractivity contribution in [2.45, 2.75) is 69.4 Å². The lowest BCUT2D eigenvalue weighted by molar-refractivity contribution is -0.132. The Labute approximate surface area is 122 Å². The first-order chi connectivity index (χ1) is 9.77. The Hall–Kier alpha value is -0.610. The van der Waals surface area contributed by atoms with E-state index in [-0.39, 0.29) is 11.5 Å². The molecule has 1 amide bonds. The standard InChI is InChI=1S/C16H28N2O2/c19-15(18-9-4-1-5-10-18)13-17-14-6-11-20-16(12-14)7-2-3-8-16/h14,17H,1-13H2. The predicted molar refractivity (Wildman–Crippen MR) is 78.6 cm³/mol. The molecular formula is C16H28N2O2. The molecule has 0 aromatic carbocycles. The summed E-state index contributed by atoms with van der Waals surface area (Å²) in [6.45, 7) is 3.28. The molecule has 3 aliphatic rings. The molecule has 0 aromatic heterocycles. The monoisotopic (exact) mass is 280 g/mol. The first kappa shape index (κ1) is 14.3. The van der Waals surface area contributed by atoms with E-state index in [9.17, 15) is 4.79 Å². The highest BCUT2D eigenvalue weighted by atomic mass is 16.5. The molecule has 0 aromatic rings. The molecule has 20 heavy (non-hydrogen) atoms.